The number of piperazine rings is 1. The fraction of sp³-hybridized carbons (Fsp3) is 0.457. The van der Waals surface area contributed by atoms with Crippen molar-refractivity contribution in [3.05, 3.63) is 92.9 Å². The first kappa shape index (κ1) is 41.8. The molecular formula is C46H50ClN9O5. The molecule has 15 heteroatoms. The lowest BCUT2D eigenvalue weighted by atomic mass is 9.49. The first-order valence-electron chi connectivity index (χ1n) is 21.0. The number of hydrogen-bond donors (Lipinski definition) is 2. The van der Waals surface area contributed by atoms with Crippen LogP contribution in [-0.2, 0) is 9.59 Å². The van der Waals surface area contributed by atoms with Crippen LogP contribution in [0, 0.1) is 39.4 Å². The molecule has 3 amide bonds. The minimum absolute atomic E-state index is 0.0689. The number of amides is 3. The van der Waals surface area contributed by atoms with Crippen LogP contribution < -0.4 is 30.7 Å². The molecule has 2 N–H and O–H groups in total. The van der Waals surface area contributed by atoms with Crippen molar-refractivity contribution in [2.24, 2.45) is 16.7 Å². The van der Waals surface area contributed by atoms with Gasteiger partial charge >= 0.3 is 0 Å². The number of imide groups is 1. The first-order chi connectivity index (χ1) is 29.2. The summed E-state index contributed by atoms with van der Waals surface area (Å²) in [6.07, 6.45) is 2.24. The van der Waals surface area contributed by atoms with E-state index in [1.54, 1.807) is 24.3 Å². The SMILES string of the molecule is CC1(C)[C@H](NC(=O)c2ccc(N3CCC(CN4CCN(c5ccc6c(=O)n(C7CCC(=O)NC7=O)nc(C#N)c6c5)CC4)CC3)cc2)C(C)(C)[C@H]1Oc1ccc(C#N)c(Cl)c1. The first-order valence-corrected chi connectivity index (χ1v) is 21.4. The molecule has 3 saturated heterocycles. The molecule has 4 aliphatic rings. The van der Waals surface area contributed by atoms with Crippen molar-refractivity contribution in [2.75, 3.05) is 55.6 Å². The van der Waals surface area contributed by atoms with Gasteiger partial charge in [0, 0.05) is 97.5 Å². The van der Waals surface area contributed by atoms with Crippen LogP contribution >= 0.6 is 11.6 Å². The molecule has 0 bridgehead atoms. The normalized spacial score (nSPS) is 22.8. The van der Waals surface area contributed by atoms with Gasteiger partial charge in [-0.05, 0) is 79.8 Å². The molecule has 4 fully saturated rings. The number of nitriles is 2. The number of carbonyl (C=O) groups is 3. The number of anilines is 2. The second-order valence-corrected chi connectivity index (χ2v) is 18.4. The second-order valence-electron chi connectivity index (χ2n) is 18.0. The zero-order valence-corrected chi connectivity index (χ0v) is 35.7. The molecule has 4 aromatic rings. The van der Waals surface area contributed by atoms with Gasteiger partial charge in [-0.2, -0.15) is 15.6 Å². The van der Waals surface area contributed by atoms with Gasteiger partial charge in [0.15, 0.2) is 5.69 Å². The summed E-state index contributed by atoms with van der Waals surface area (Å²) in [6.45, 7) is 14.7. The van der Waals surface area contributed by atoms with Crippen molar-refractivity contribution in [2.45, 2.75) is 71.6 Å². The van der Waals surface area contributed by atoms with Crippen molar-refractivity contribution in [3.63, 3.8) is 0 Å². The highest BCUT2D eigenvalue weighted by Gasteiger charge is 2.64. The highest BCUT2D eigenvalue weighted by atomic mass is 35.5. The smallest absolute Gasteiger partial charge is 0.275 e. The van der Waals surface area contributed by atoms with Crippen LogP contribution in [0.2, 0.25) is 5.02 Å². The Balaban J connectivity index is 0.809. The van der Waals surface area contributed by atoms with Crippen molar-refractivity contribution in [1.29, 1.82) is 10.5 Å². The van der Waals surface area contributed by atoms with Gasteiger partial charge in [0.1, 0.15) is 30.0 Å². The fourth-order valence-corrected chi connectivity index (χ4v) is 10.4. The predicted molar refractivity (Wildman–Crippen MR) is 232 cm³/mol. The van der Waals surface area contributed by atoms with E-state index in [1.807, 2.05) is 36.4 Å². The summed E-state index contributed by atoms with van der Waals surface area (Å²) in [5.41, 5.74) is 1.95. The maximum atomic E-state index is 13.5. The molecule has 1 unspecified atom stereocenters. The summed E-state index contributed by atoms with van der Waals surface area (Å²) in [6, 6.07) is 21.6. The Hall–Kier alpha value is -5.96. The number of carbonyl (C=O) groups excluding carboxylic acids is 3. The van der Waals surface area contributed by atoms with Crippen LogP contribution in [0.3, 0.4) is 0 Å². The molecule has 14 nitrogen and oxygen atoms in total. The average molecular weight is 844 g/mol. The van der Waals surface area contributed by atoms with Crippen LogP contribution in [0.4, 0.5) is 11.4 Å². The number of ether oxygens (including phenoxy) is 1. The van der Waals surface area contributed by atoms with Crippen molar-refractivity contribution >= 4 is 51.5 Å². The lowest BCUT2D eigenvalue weighted by Crippen LogP contribution is -2.74. The summed E-state index contributed by atoms with van der Waals surface area (Å²) in [7, 11) is 0. The summed E-state index contributed by atoms with van der Waals surface area (Å²) in [5.74, 6) is 0.0955. The van der Waals surface area contributed by atoms with E-state index in [1.165, 1.54) is 0 Å². The van der Waals surface area contributed by atoms with Gasteiger partial charge in [-0.1, -0.05) is 39.3 Å². The maximum Gasteiger partial charge on any atom is 0.275 e. The highest BCUT2D eigenvalue weighted by Crippen LogP contribution is 2.55. The van der Waals surface area contributed by atoms with Crippen LogP contribution in [-0.4, -0.2) is 90.4 Å². The highest BCUT2D eigenvalue weighted by molar-refractivity contribution is 6.31. The van der Waals surface area contributed by atoms with E-state index in [4.69, 9.17) is 16.3 Å². The van der Waals surface area contributed by atoms with Gasteiger partial charge < -0.3 is 19.9 Å². The van der Waals surface area contributed by atoms with Gasteiger partial charge in [0.2, 0.25) is 5.91 Å². The second kappa shape index (κ2) is 16.5. The summed E-state index contributed by atoms with van der Waals surface area (Å²) in [5, 5.41) is 30.1. The number of rotatable bonds is 9. The third-order valence-corrected chi connectivity index (χ3v) is 13.6. The van der Waals surface area contributed by atoms with Crippen LogP contribution in [0.15, 0.2) is 65.5 Å². The third kappa shape index (κ3) is 8.03. The molecule has 1 saturated carbocycles. The molecule has 1 aromatic heterocycles. The largest absolute Gasteiger partial charge is 0.489 e. The topological polar surface area (TPSA) is 177 Å². The number of nitrogens with one attached hydrogen (secondary N) is 2. The Kier molecular flexibility index (Phi) is 11.3. The molecule has 3 aromatic carbocycles. The van der Waals surface area contributed by atoms with Gasteiger partial charge in [-0.25, -0.2) is 4.68 Å². The van der Waals surface area contributed by atoms with E-state index >= 15 is 0 Å². The zero-order valence-electron chi connectivity index (χ0n) is 34.9. The van der Waals surface area contributed by atoms with Crippen molar-refractivity contribution < 1.29 is 19.1 Å². The van der Waals surface area contributed by atoms with E-state index in [2.05, 4.69) is 70.3 Å². The minimum atomic E-state index is -0.937. The van der Waals surface area contributed by atoms with E-state index in [0.717, 1.165) is 74.7 Å². The number of benzene rings is 3. The predicted octanol–water partition coefficient (Wildman–Crippen LogP) is 5.42. The molecule has 1 atom stereocenters. The average Bonchev–Trinajstić information content (AvgIpc) is 3.25. The molecule has 8 rings (SSSR count). The van der Waals surface area contributed by atoms with Crippen LogP contribution in [0.5, 0.6) is 5.75 Å². The number of fused-ring (bicyclic) bond motifs is 1. The lowest BCUT2D eigenvalue weighted by molar-refractivity contribution is -0.164. The number of aromatic nitrogens is 2. The Morgan fingerprint density at radius 1 is 0.852 bits per heavy atom. The lowest BCUT2D eigenvalue weighted by Gasteiger charge is -2.63. The molecule has 0 radical (unpaired) electrons. The van der Waals surface area contributed by atoms with E-state index in [9.17, 15) is 29.7 Å². The molecule has 1 aliphatic carbocycles. The third-order valence-electron chi connectivity index (χ3n) is 13.3. The Bertz CT molecular complexity index is 2510. The molecule has 3 aliphatic heterocycles. The van der Waals surface area contributed by atoms with Gasteiger partial charge in [0.05, 0.1) is 16.0 Å². The van der Waals surface area contributed by atoms with Gasteiger partial charge in [0.25, 0.3) is 17.4 Å². The molecular weight excluding hydrogens is 794 g/mol. The fourth-order valence-electron chi connectivity index (χ4n) is 10.2. The molecule has 0 spiro atoms. The summed E-state index contributed by atoms with van der Waals surface area (Å²) >= 11 is 6.26. The summed E-state index contributed by atoms with van der Waals surface area (Å²) in [4.78, 5) is 58.2. The number of halogens is 1. The van der Waals surface area contributed by atoms with E-state index < -0.39 is 17.5 Å². The van der Waals surface area contributed by atoms with Crippen molar-refractivity contribution in [1.82, 2.24) is 25.3 Å². The molecule has 316 valence electrons. The Morgan fingerprint density at radius 2 is 1.52 bits per heavy atom. The van der Waals surface area contributed by atoms with E-state index in [-0.39, 0.29) is 53.3 Å². The summed E-state index contributed by atoms with van der Waals surface area (Å²) < 4.78 is 7.43. The van der Waals surface area contributed by atoms with Gasteiger partial charge in [-0.15, -0.1) is 0 Å². The number of nitrogens with zero attached hydrogens (tertiary/aromatic N) is 7. The zero-order chi connectivity index (χ0) is 43.2. The van der Waals surface area contributed by atoms with Crippen molar-refractivity contribution in [3.8, 4) is 17.9 Å². The quantitative estimate of drug-likeness (QED) is 0.206. The van der Waals surface area contributed by atoms with E-state index in [0.29, 0.717) is 38.6 Å². The number of hydrogen-bond acceptors (Lipinski definition) is 11. The van der Waals surface area contributed by atoms with Gasteiger partial charge in [-0.3, -0.25) is 29.4 Å². The minimum Gasteiger partial charge on any atom is -0.489 e. The van der Waals surface area contributed by atoms with Crippen LogP contribution in [0.1, 0.15) is 81.0 Å². The monoisotopic (exact) mass is 843 g/mol. The standard InChI is InChI=1S/C46H50ClN9O5/c1-45(2)43(46(3,4)44(45)61-33-11-7-30(25-48)36(47)24-33)51-40(58)29-5-8-31(9-6-29)54-17-15-28(16-18-54)27-53-19-21-55(22-20-53)32-10-12-34-35(23-32)37(26-49)52-56(42(34)60)38-13-14-39(57)50-41(38)59/h5-12,23-24,28,38,43-44H,13-22,27H2,1-4H3,(H,51,58)(H,50,57,59)/t38?,43-,44-. The van der Waals surface area contributed by atoms with Crippen LogP contribution in [0.25, 0.3) is 10.8 Å². The Labute approximate surface area is 360 Å². The Morgan fingerprint density at radius 3 is 2.16 bits per heavy atom. The molecule has 4 heterocycles. The molecule has 61 heavy (non-hydrogen) atoms. The maximum absolute atomic E-state index is 13.5. The number of piperidine rings is 2.